The molecule has 0 fully saturated rings. The first-order valence-corrected chi connectivity index (χ1v) is 7.75. The van der Waals surface area contributed by atoms with Crippen molar-refractivity contribution in [2.45, 2.75) is 39.3 Å². The number of halogens is 1. The van der Waals surface area contributed by atoms with E-state index in [1.807, 2.05) is 0 Å². The van der Waals surface area contributed by atoms with Gasteiger partial charge in [0.2, 0.25) is 0 Å². The van der Waals surface area contributed by atoms with Gasteiger partial charge in [-0.1, -0.05) is 26.1 Å². The predicted molar refractivity (Wildman–Crippen MR) is 88.9 cm³/mol. The molecule has 0 heterocycles. The van der Waals surface area contributed by atoms with Crippen LogP contribution in [0.1, 0.15) is 37.8 Å². The Morgan fingerprint density at radius 3 is 2.57 bits per heavy atom. The van der Waals surface area contributed by atoms with Gasteiger partial charge in [0.25, 0.3) is 0 Å². The maximum atomic E-state index is 13.6. The number of methoxy groups -OCH3 is 1. The lowest BCUT2D eigenvalue weighted by atomic mass is 10.0. The van der Waals surface area contributed by atoms with Crippen LogP contribution in [0.5, 0.6) is 0 Å². The first-order chi connectivity index (χ1) is 10.0. The second kappa shape index (κ2) is 9.07. The minimum atomic E-state index is -0.263. The molecular formula is C16H25FN2OS. The fraction of sp³-hybridized carbons (Fsp3) is 0.562. The number of hydrogen-bond donors (Lipinski definition) is 1. The van der Waals surface area contributed by atoms with E-state index in [1.165, 1.54) is 12.1 Å². The van der Waals surface area contributed by atoms with E-state index in [0.717, 1.165) is 30.5 Å². The van der Waals surface area contributed by atoms with Gasteiger partial charge >= 0.3 is 0 Å². The quantitative estimate of drug-likeness (QED) is 0.711. The number of hydrogen-bond acceptors (Lipinski definition) is 3. The Morgan fingerprint density at radius 1 is 1.38 bits per heavy atom. The summed E-state index contributed by atoms with van der Waals surface area (Å²) in [6, 6.07) is 5.02. The average Bonchev–Trinajstić information content (AvgIpc) is 2.45. The molecule has 3 nitrogen and oxygen atoms in total. The van der Waals surface area contributed by atoms with Crippen LogP contribution in [-0.2, 0) is 11.3 Å². The molecule has 0 bridgehead atoms. The minimum absolute atomic E-state index is 0.263. The highest BCUT2D eigenvalue weighted by molar-refractivity contribution is 7.80. The third kappa shape index (κ3) is 5.34. The summed E-state index contributed by atoms with van der Waals surface area (Å²) in [6.07, 6.45) is 2.08. The molecule has 0 saturated heterocycles. The van der Waals surface area contributed by atoms with Crippen molar-refractivity contribution in [3.8, 4) is 0 Å². The van der Waals surface area contributed by atoms with Crippen molar-refractivity contribution in [2.24, 2.45) is 5.73 Å². The molecule has 1 aromatic rings. The molecule has 0 saturated carbocycles. The van der Waals surface area contributed by atoms with E-state index in [4.69, 9.17) is 22.7 Å². The molecular weight excluding hydrogens is 287 g/mol. The number of ether oxygens (including phenoxy) is 1. The Morgan fingerprint density at radius 2 is 2.05 bits per heavy atom. The van der Waals surface area contributed by atoms with Gasteiger partial charge in [-0.05, 0) is 36.6 Å². The Kier molecular flexibility index (Phi) is 7.78. The van der Waals surface area contributed by atoms with Crippen molar-refractivity contribution in [3.05, 3.63) is 35.1 Å². The van der Waals surface area contributed by atoms with Crippen molar-refractivity contribution in [2.75, 3.05) is 20.3 Å². The van der Waals surface area contributed by atoms with Crippen LogP contribution in [0.3, 0.4) is 0 Å². The van der Waals surface area contributed by atoms with E-state index in [9.17, 15) is 4.39 Å². The summed E-state index contributed by atoms with van der Waals surface area (Å²) in [6.45, 7) is 6.40. The van der Waals surface area contributed by atoms with Crippen LogP contribution in [0.15, 0.2) is 18.2 Å². The van der Waals surface area contributed by atoms with Crippen LogP contribution >= 0.6 is 12.2 Å². The molecule has 118 valence electrons. The summed E-state index contributed by atoms with van der Waals surface area (Å²) in [7, 11) is 1.69. The number of nitrogens with two attached hydrogens (primary N) is 1. The van der Waals surface area contributed by atoms with E-state index < -0.39 is 0 Å². The molecule has 0 spiro atoms. The Labute approximate surface area is 132 Å². The van der Waals surface area contributed by atoms with E-state index in [2.05, 4.69) is 18.7 Å². The van der Waals surface area contributed by atoms with Gasteiger partial charge in [-0.3, -0.25) is 4.90 Å². The number of rotatable bonds is 9. The molecule has 0 aliphatic carbocycles. The van der Waals surface area contributed by atoms with Crippen molar-refractivity contribution in [1.82, 2.24) is 4.90 Å². The largest absolute Gasteiger partial charge is 0.389 e. The summed E-state index contributed by atoms with van der Waals surface area (Å²) < 4.78 is 18.7. The normalized spacial score (nSPS) is 11.3. The average molecular weight is 312 g/mol. The molecule has 5 heteroatoms. The summed E-state index contributed by atoms with van der Waals surface area (Å²) in [5.41, 5.74) is 7.34. The minimum Gasteiger partial charge on any atom is -0.389 e. The lowest BCUT2D eigenvalue weighted by Gasteiger charge is -2.31. The van der Waals surface area contributed by atoms with Gasteiger partial charge in [0.1, 0.15) is 10.8 Å². The zero-order valence-corrected chi connectivity index (χ0v) is 13.9. The van der Waals surface area contributed by atoms with Crippen LogP contribution in [0.2, 0.25) is 0 Å². The maximum absolute atomic E-state index is 13.6. The van der Waals surface area contributed by atoms with Crippen LogP contribution in [0.4, 0.5) is 4.39 Å². The molecule has 0 unspecified atom stereocenters. The van der Waals surface area contributed by atoms with Crippen LogP contribution in [0, 0.1) is 5.82 Å². The third-order valence-electron chi connectivity index (χ3n) is 3.75. The zero-order chi connectivity index (χ0) is 15.8. The Balaban J connectivity index is 3.01. The van der Waals surface area contributed by atoms with Crippen LogP contribution in [-0.4, -0.2) is 36.2 Å². The summed E-state index contributed by atoms with van der Waals surface area (Å²) in [5.74, 6) is -0.263. The SMILES string of the molecule is CCC(CC)N(CCOC)Cc1cc(F)ccc1C(N)=S. The molecule has 0 aromatic heterocycles. The van der Waals surface area contributed by atoms with Crippen LogP contribution < -0.4 is 5.73 Å². The topological polar surface area (TPSA) is 38.5 Å². The van der Waals surface area contributed by atoms with E-state index >= 15 is 0 Å². The third-order valence-corrected chi connectivity index (χ3v) is 3.97. The molecule has 2 N–H and O–H groups in total. The fourth-order valence-corrected chi connectivity index (χ4v) is 2.76. The second-order valence-electron chi connectivity index (χ2n) is 5.10. The zero-order valence-electron chi connectivity index (χ0n) is 13.1. The molecule has 1 aromatic carbocycles. The summed E-state index contributed by atoms with van der Waals surface area (Å²) >= 11 is 5.07. The smallest absolute Gasteiger partial charge is 0.123 e. The second-order valence-corrected chi connectivity index (χ2v) is 5.54. The number of thiocarbonyl (C=S) groups is 1. The maximum Gasteiger partial charge on any atom is 0.123 e. The number of benzene rings is 1. The van der Waals surface area contributed by atoms with E-state index in [1.54, 1.807) is 13.2 Å². The standard InChI is InChI=1S/C16H25FN2OS/c1-4-14(5-2)19(8-9-20-3)11-12-10-13(17)6-7-15(12)16(18)21/h6-7,10,14H,4-5,8-9,11H2,1-3H3,(H2,18,21). The molecule has 0 radical (unpaired) electrons. The van der Waals surface area contributed by atoms with Gasteiger partial charge in [-0.15, -0.1) is 0 Å². The molecule has 0 atom stereocenters. The highest BCUT2D eigenvalue weighted by Crippen LogP contribution is 2.18. The molecule has 1 rings (SSSR count). The van der Waals surface area contributed by atoms with E-state index in [0.29, 0.717) is 24.2 Å². The van der Waals surface area contributed by atoms with Gasteiger partial charge in [-0.25, -0.2) is 4.39 Å². The highest BCUT2D eigenvalue weighted by Gasteiger charge is 2.17. The summed E-state index contributed by atoms with van der Waals surface area (Å²) in [5, 5.41) is 0. The predicted octanol–water partition coefficient (Wildman–Crippen LogP) is 3.10. The Hall–Kier alpha value is -1.04. The van der Waals surface area contributed by atoms with Gasteiger partial charge in [0.05, 0.1) is 6.61 Å². The lowest BCUT2D eigenvalue weighted by Crippen LogP contribution is -2.37. The fourth-order valence-electron chi connectivity index (χ4n) is 2.56. The van der Waals surface area contributed by atoms with Gasteiger partial charge in [0.15, 0.2) is 0 Å². The molecule has 21 heavy (non-hydrogen) atoms. The van der Waals surface area contributed by atoms with Gasteiger partial charge in [-0.2, -0.15) is 0 Å². The van der Waals surface area contributed by atoms with Crippen molar-refractivity contribution in [1.29, 1.82) is 0 Å². The monoisotopic (exact) mass is 312 g/mol. The van der Waals surface area contributed by atoms with Crippen molar-refractivity contribution < 1.29 is 9.13 Å². The molecule has 0 aliphatic rings. The lowest BCUT2D eigenvalue weighted by molar-refractivity contribution is 0.110. The van der Waals surface area contributed by atoms with Gasteiger partial charge < -0.3 is 10.5 Å². The van der Waals surface area contributed by atoms with Gasteiger partial charge in [0, 0.05) is 31.8 Å². The molecule has 0 aliphatic heterocycles. The first kappa shape index (κ1) is 18.0. The highest BCUT2D eigenvalue weighted by atomic mass is 32.1. The number of nitrogens with zero attached hydrogens (tertiary/aromatic N) is 1. The van der Waals surface area contributed by atoms with E-state index in [-0.39, 0.29) is 5.82 Å². The first-order valence-electron chi connectivity index (χ1n) is 7.34. The van der Waals surface area contributed by atoms with Crippen LogP contribution in [0.25, 0.3) is 0 Å². The Bertz CT molecular complexity index is 464. The molecule has 0 amide bonds. The van der Waals surface area contributed by atoms with Crippen molar-refractivity contribution in [3.63, 3.8) is 0 Å². The summed E-state index contributed by atoms with van der Waals surface area (Å²) in [4.78, 5) is 2.61. The van der Waals surface area contributed by atoms with Crippen molar-refractivity contribution >= 4 is 17.2 Å².